The van der Waals surface area contributed by atoms with Crippen molar-refractivity contribution in [3.8, 4) is 0 Å². The predicted molar refractivity (Wildman–Crippen MR) is 93.7 cm³/mol. The van der Waals surface area contributed by atoms with Crippen LogP contribution in [0.4, 0.5) is 24.8 Å². The van der Waals surface area contributed by atoms with Crippen LogP contribution in [0.1, 0.15) is 12.0 Å². The van der Waals surface area contributed by atoms with Gasteiger partial charge in [-0.3, -0.25) is 0 Å². The van der Waals surface area contributed by atoms with Gasteiger partial charge in [-0.2, -0.15) is 18.3 Å². The Morgan fingerprint density at radius 2 is 1.93 bits per heavy atom. The summed E-state index contributed by atoms with van der Waals surface area (Å²) in [6.07, 6.45) is 3.13. The first kappa shape index (κ1) is 16.3. The number of hydrogen-bond acceptors (Lipinski definition) is 5. The molecule has 2 fully saturated rings. The van der Waals surface area contributed by atoms with Crippen molar-refractivity contribution >= 4 is 17.2 Å². The molecule has 0 radical (unpaired) electrons. The van der Waals surface area contributed by atoms with E-state index in [0.29, 0.717) is 24.8 Å². The van der Waals surface area contributed by atoms with E-state index in [2.05, 4.69) is 20.0 Å². The number of alkyl halides is 3. The molecule has 0 amide bonds. The molecule has 0 aromatic carbocycles. The number of rotatable bonds is 2. The maximum atomic E-state index is 13.0. The van der Waals surface area contributed by atoms with Crippen molar-refractivity contribution < 1.29 is 13.2 Å². The lowest BCUT2D eigenvalue weighted by Gasteiger charge is -2.26. The third kappa shape index (κ3) is 2.68. The van der Waals surface area contributed by atoms with Crippen LogP contribution in [-0.4, -0.2) is 45.3 Å². The van der Waals surface area contributed by atoms with E-state index in [4.69, 9.17) is 0 Å². The summed E-state index contributed by atoms with van der Waals surface area (Å²) in [4.78, 5) is 12.9. The minimum atomic E-state index is -4.36. The van der Waals surface area contributed by atoms with Crippen LogP contribution in [-0.2, 0) is 6.18 Å². The second-order valence-electron chi connectivity index (χ2n) is 7.03. The maximum Gasteiger partial charge on any atom is 0.416 e. The van der Waals surface area contributed by atoms with Gasteiger partial charge in [0.15, 0.2) is 5.82 Å². The first-order valence-electron chi connectivity index (χ1n) is 8.84. The minimum absolute atomic E-state index is 0.204. The van der Waals surface area contributed by atoms with Crippen LogP contribution in [0.5, 0.6) is 0 Å². The Hall–Kier alpha value is -2.84. The zero-order valence-electron chi connectivity index (χ0n) is 14.3. The van der Waals surface area contributed by atoms with Gasteiger partial charge in [0.25, 0.3) is 0 Å². The molecule has 2 atom stereocenters. The molecule has 0 spiro atoms. The molecule has 27 heavy (non-hydrogen) atoms. The van der Waals surface area contributed by atoms with Gasteiger partial charge in [-0.05, 0) is 24.6 Å². The van der Waals surface area contributed by atoms with E-state index in [9.17, 15) is 13.2 Å². The van der Waals surface area contributed by atoms with E-state index in [1.165, 1.54) is 6.20 Å². The van der Waals surface area contributed by atoms with Crippen LogP contribution in [0.2, 0.25) is 0 Å². The van der Waals surface area contributed by atoms with Crippen molar-refractivity contribution in [2.45, 2.75) is 18.6 Å². The molecule has 0 saturated carbocycles. The third-order valence-corrected chi connectivity index (χ3v) is 5.52. The fourth-order valence-electron chi connectivity index (χ4n) is 4.24. The molecule has 3 aromatic rings. The van der Waals surface area contributed by atoms with Gasteiger partial charge in [0.1, 0.15) is 11.3 Å². The van der Waals surface area contributed by atoms with Gasteiger partial charge in [-0.15, -0.1) is 0 Å². The molecule has 2 aliphatic heterocycles. The lowest BCUT2D eigenvalue weighted by molar-refractivity contribution is -0.137. The lowest BCUT2D eigenvalue weighted by Crippen LogP contribution is -2.36. The van der Waals surface area contributed by atoms with Crippen LogP contribution < -0.4 is 9.80 Å². The molecule has 2 aliphatic rings. The summed E-state index contributed by atoms with van der Waals surface area (Å²) in [5.41, 5.74) is 0.279. The lowest BCUT2D eigenvalue weighted by atomic mass is 10.1. The van der Waals surface area contributed by atoms with Crippen molar-refractivity contribution in [1.82, 2.24) is 19.6 Å². The van der Waals surface area contributed by atoms with Crippen molar-refractivity contribution in [2.24, 2.45) is 5.92 Å². The zero-order valence-corrected chi connectivity index (χ0v) is 14.3. The van der Waals surface area contributed by atoms with Crippen LogP contribution in [0.15, 0.2) is 43.0 Å². The smallest absolute Gasteiger partial charge is 0.354 e. The second-order valence-corrected chi connectivity index (χ2v) is 7.03. The highest BCUT2D eigenvalue weighted by atomic mass is 19.4. The van der Waals surface area contributed by atoms with E-state index in [1.54, 1.807) is 23.1 Å². The SMILES string of the molecule is FC(F)(F)c1ccnc(N2CC3CCN(c4nccn5nccc45)C3C2)c1. The molecule has 3 aromatic heterocycles. The monoisotopic (exact) mass is 374 g/mol. The molecule has 9 heteroatoms. The number of hydrogen-bond donors (Lipinski definition) is 0. The number of pyridine rings is 1. The van der Waals surface area contributed by atoms with Crippen LogP contribution >= 0.6 is 0 Å². The van der Waals surface area contributed by atoms with E-state index < -0.39 is 11.7 Å². The molecule has 5 heterocycles. The molecule has 2 saturated heterocycles. The topological polar surface area (TPSA) is 49.6 Å². The largest absolute Gasteiger partial charge is 0.416 e. The first-order chi connectivity index (χ1) is 13.0. The van der Waals surface area contributed by atoms with Crippen LogP contribution in [0.25, 0.3) is 5.52 Å². The fourth-order valence-corrected chi connectivity index (χ4v) is 4.24. The molecular weight excluding hydrogens is 357 g/mol. The number of aromatic nitrogens is 4. The standard InChI is InChI=1S/C18H17F3N6/c19-18(20,21)13-1-4-22-16(9-13)25-10-12-3-7-26(15(12)11-25)17-14-2-5-24-27(14)8-6-23-17/h1-2,4-6,8-9,12,15H,3,7,10-11H2. The Labute approximate surface area is 153 Å². The number of nitrogens with zero attached hydrogens (tertiary/aromatic N) is 6. The quantitative estimate of drug-likeness (QED) is 0.690. The van der Waals surface area contributed by atoms with E-state index in [0.717, 1.165) is 36.4 Å². The molecule has 0 N–H and O–H groups in total. The van der Waals surface area contributed by atoms with Gasteiger partial charge in [0.2, 0.25) is 0 Å². The van der Waals surface area contributed by atoms with Gasteiger partial charge < -0.3 is 9.80 Å². The van der Waals surface area contributed by atoms with E-state index in [-0.39, 0.29) is 6.04 Å². The Bertz CT molecular complexity index is 984. The Morgan fingerprint density at radius 3 is 2.78 bits per heavy atom. The normalized spacial score (nSPS) is 22.6. The average molecular weight is 374 g/mol. The molecule has 0 bridgehead atoms. The van der Waals surface area contributed by atoms with Gasteiger partial charge in [-0.25, -0.2) is 14.5 Å². The molecular formula is C18H17F3N6. The van der Waals surface area contributed by atoms with Crippen molar-refractivity contribution in [2.75, 3.05) is 29.4 Å². The van der Waals surface area contributed by atoms with Crippen LogP contribution in [0.3, 0.4) is 0 Å². The predicted octanol–water partition coefficient (Wildman–Crippen LogP) is 2.86. The van der Waals surface area contributed by atoms with E-state index >= 15 is 0 Å². The summed E-state index contributed by atoms with van der Waals surface area (Å²) in [6.45, 7) is 2.23. The Morgan fingerprint density at radius 1 is 1.04 bits per heavy atom. The summed E-state index contributed by atoms with van der Waals surface area (Å²) in [7, 11) is 0. The summed E-state index contributed by atoms with van der Waals surface area (Å²) in [5.74, 6) is 1.64. The van der Waals surface area contributed by atoms with Crippen molar-refractivity contribution in [3.63, 3.8) is 0 Å². The number of halogens is 3. The highest BCUT2D eigenvalue weighted by Gasteiger charge is 2.43. The highest BCUT2D eigenvalue weighted by Crippen LogP contribution is 2.38. The summed E-state index contributed by atoms with van der Waals surface area (Å²) < 4.78 is 40.8. The third-order valence-electron chi connectivity index (χ3n) is 5.52. The molecule has 5 rings (SSSR count). The minimum Gasteiger partial charge on any atom is -0.354 e. The summed E-state index contributed by atoms with van der Waals surface area (Å²) in [6, 6.07) is 4.28. The molecule has 2 unspecified atom stereocenters. The fraction of sp³-hybridized carbons (Fsp3) is 0.389. The van der Waals surface area contributed by atoms with Gasteiger partial charge in [0.05, 0.1) is 17.8 Å². The Kier molecular flexibility index (Phi) is 3.53. The van der Waals surface area contributed by atoms with Crippen molar-refractivity contribution in [3.05, 3.63) is 48.5 Å². The maximum absolute atomic E-state index is 13.0. The van der Waals surface area contributed by atoms with Gasteiger partial charge >= 0.3 is 6.18 Å². The first-order valence-corrected chi connectivity index (χ1v) is 8.84. The summed E-state index contributed by atoms with van der Waals surface area (Å²) in [5, 5.41) is 4.25. The van der Waals surface area contributed by atoms with Gasteiger partial charge in [0, 0.05) is 44.1 Å². The van der Waals surface area contributed by atoms with Gasteiger partial charge in [-0.1, -0.05) is 0 Å². The van der Waals surface area contributed by atoms with E-state index in [1.807, 2.05) is 11.0 Å². The second kappa shape index (κ2) is 5.83. The molecule has 6 nitrogen and oxygen atoms in total. The van der Waals surface area contributed by atoms with Crippen molar-refractivity contribution in [1.29, 1.82) is 0 Å². The Balaban J connectivity index is 1.43. The van der Waals surface area contributed by atoms with Crippen LogP contribution in [0, 0.1) is 5.92 Å². The zero-order chi connectivity index (χ0) is 18.6. The summed E-state index contributed by atoms with van der Waals surface area (Å²) >= 11 is 0. The molecule has 140 valence electrons. The number of fused-ring (bicyclic) bond motifs is 2. The molecule has 0 aliphatic carbocycles. The average Bonchev–Trinajstić information content (AvgIpc) is 3.36. The highest BCUT2D eigenvalue weighted by molar-refractivity contribution is 5.69. The number of anilines is 2.